The van der Waals surface area contributed by atoms with Gasteiger partial charge in [0, 0.05) is 12.4 Å². The Bertz CT molecular complexity index is 433. The normalized spacial score (nSPS) is 28.6. The molecule has 1 aliphatic heterocycles. The molecule has 1 aromatic rings. The fourth-order valence-electron chi connectivity index (χ4n) is 2.41. The van der Waals surface area contributed by atoms with Crippen LogP contribution in [0.2, 0.25) is 0 Å². The Hall–Kier alpha value is -1.39. The number of fused-ring (bicyclic) bond motifs is 1. The van der Waals surface area contributed by atoms with Gasteiger partial charge in [0.05, 0.1) is 19.8 Å². The van der Waals surface area contributed by atoms with Crippen molar-refractivity contribution >= 4 is 0 Å². The summed E-state index contributed by atoms with van der Waals surface area (Å²) in [7, 11) is 1.63. The highest BCUT2D eigenvalue weighted by Gasteiger charge is 2.27. The minimum absolute atomic E-state index is 0.0134. The quantitative estimate of drug-likeness (QED) is 0.739. The van der Waals surface area contributed by atoms with Gasteiger partial charge in [-0.1, -0.05) is 13.0 Å². The Morgan fingerprint density at radius 3 is 2.60 bits per heavy atom. The molecule has 2 aliphatic rings. The predicted octanol–water partition coefficient (Wildman–Crippen LogP) is 3.19. The zero-order valence-electron chi connectivity index (χ0n) is 12.4. The molecule has 0 radical (unpaired) electrons. The lowest BCUT2D eigenvalue weighted by Gasteiger charge is -2.34. The highest BCUT2D eigenvalue weighted by Crippen LogP contribution is 2.29. The first-order chi connectivity index (χ1) is 9.69. The van der Waals surface area contributed by atoms with Gasteiger partial charge in [-0.3, -0.25) is 4.98 Å². The van der Waals surface area contributed by atoms with Gasteiger partial charge in [0.25, 0.3) is 0 Å². The zero-order chi connectivity index (χ0) is 14.4. The molecule has 0 N–H and O–H groups in total. The summed E-state index contributed by atoms with van der Waals surface area (Å²) in [4.78, 5) is 3.81. The molecule has 0 aromatic carbocycles. The van der Waals surface area contributed by atoms with E-state index >= 15 is 0 Å². The highest BCUT2D eigenvalue weighted by atomic mass is 16.7. The monoisotopic (exact) mass is 277 g/mol. The molecule has 1 aliphatic carbocycles. The molecule has 1 fully saturated rings. The lowest BCUT2D eigenvalue weighted by Crippen LogP contribution is -2.35. The first-order valence-electron chi connectivity index (χ1n) is 7.10. The summed E-state index contributed by atoms with van der Waals surface area (Å²) in [6.07, 6.45) is 8.45. The number of ether oxygens (including phenoxy) is 3. The molecule has 0 amide bonds. The van der Waals surface area contributed by atoms with Crippen LogP contribution < -0.4 is 4.74 Å². The zero-order valence-corrected chi connectivity index (χ0v) is 12.4. The van der Waals surface area contributed by atoms with Gasteiger partial charge in [0.2, 0.25) is 0 Å². The molecule has 3 rings (SSSR count). The van der Waals surface area contributed by atoms with Crippen LogP contribution in [0.25, 0.3) is 0 Å². The molecule has 0 spiro atoms. The molecule has 1 saturated heterocycles. The van der Waals surface area contributed by atoms with Crippen molar-refractivity contribution in [1.82, 2.24) is 4.98 Å². The third-order valence-corrected chi connectivity index (χ3v) is 3.52. The van der Waals surface area contributed by atoms with Crippen LogP contribution in [0.5, 0.6) is 5.75 Å². The van der Waals surface area contributed by atoms with E-state index in [2.05, 4.69) is 18.0 Å². The van der Waals surface area contributed by atoms with Crippen molar-refractivity contribution in [2.75, 3.05) is 13.7 Å². The van der Waals surface area contributed by atoms with Crippen LogP contribution in [-0.2, 0) is 9.47 Å². The van der Waals surface area contributed by atoms with E-state index in [4.69, 9.17) is 14.2 Å². The molecule has 110 valence electrons. The molecular weight excluding hydrogens is 254 g/mol. The molecule has 4 nitrogen and oxygen atoms in total. The molecule has 20 heavy (non-hydrogen) atoms. The van der Waals surface area contributed by atoms with E-state index in [-0.39, 0.29) is 6.29 Å². The maximum Gasteiger partial charge on any atom is 0.156 e. The van der Waals surface area contributed by atoms with E-state index in [1.807, 2.05) is 6.92 Å². The number of allylic oxidation sites excluding steroid dienone is 1. The van der Waals surface area contributed by atoms with Crippen LogP contribution in [0.3, 0.4) is 0 Å². The first-order valence-corrected chi connectivity index (χ1v) is 7.10. The number of hydrogen-bond donors (Lipinski definition) is 0. The van der Waals surface area contributed by atoms with Crippen molar-refractivity contribution in [3.05, 3.63) is 36.2 Å². The summed E-state index contributed by atoms with van der Waals surface area (Å²) in [6.45, 7) is 4.99. The molecule has 4 heteroatoms. The Labute approximate surface area is 120 Å². The van der Waals surface area contributed by atoms with Gasteiger partial charge in [-0.05, 0) is 43.4 Å². The number of hydrogen-bond acceptors (Lipinski definition) is 4. The number of nitrogens with zero attached hydrogens (tertiary/aromatic N) is 1. The summed E-state index contributed by atoms with van der Waals surface area (Å²) >= 11 is 0. The minimum atomic E-state index is -0.0134. The van der Waals surface area contributed by atoms with Gasteiger partial charge in [0.15, 0.2) is 6.29 Å². The minimum Gasteiger partial charge on any atom is -0.497 e. The SMILES string of the molecule is COc1ccncc1.C[C@@H]1OCC2=C[C@@H](C)CC[C@H]2O1. The molecule has 3 atom stereocenters. The second kappa shape index (κ2) is 7.41. The van der Waals surface area contributed by atoms with Gasteiger partial charge < -0.3 is 14.2 Å². The second-order valence-electron chi connectivity index (χ2n) is 5.19. The van der Waals surface area contributed by atoms with E-state index in [1.165, 1.54) is 18.4 Å². The predicted molar refractivity (Wildman–Crippen MR) is 77.6 cm³/mol. The largest absolute Gasteiger partial charge is 0.497 e. The fourth-order valence-corrected chi connectivity index (χ4v) is 2.41. The Morgan fingerprint density at radius 2 is 1.95 bits per heavy atom. The molecular formula is C16H23NO3. The molecule has 0 bridgehead atoms. The fraction of sp³-hybridized carbons (Fsp3) is 0.562. The van der Waals surface area contributed by atoms with Gasteiger partial charge in [-0.25, -0.2) is 0 Å². The van der Waals surface area contributed by atoms with E-state index in [0.717, 1.165) is 12.4 Å². The highest BCUT2D eigenvalue weighted by molar-refractivity contribution is 5.16. The maximum atomic E-state index is 5.65. The van der Waals surface area contributed by atoms with Crippen LogP contribution in [-0.4, -0.2) is 31.1 Å². The third kappa shape index (κ3) is 4.32. The standard InChI is InChI=1S/C10H16O2.C6H7NO/c1-7-3-4-10-9(5-7)6-11-8(2)12-10;1-8-6-2-4-7-5-3-6/h5,7-8,10H,3-4,6H2,1-2H3;2-5H,1H3/t7-,8+,10+;/m0./s1. The Morgan fingerprint density at radius 1 is 1.20 bits per heavy atom. The topological polar surface area (TPSA) is 40.6 Å². The van der Waals surface area contributed by atoms with Crippen molar-refractivity contribution < 1.29 is 14.2 Å². The van der Waals surface area contributed by atoms with Crippen LogP contribution in [0.1, 0.15) is 26.7 Å². The summed E-state index contributed by atoms with van der Waals surface area (Å²) in [5, 5.41) is 0. The van der Waals surface area contributed by atoms with Gasteiger partial charge >= 0.3 is 0 Å². The number of pyridine rings is 1. The number of rotatable bonds is 1. The summed E-state index contributed by atoms with van der Waals surface area (Å²) in [5.74, 6) is 1.55. The van der Waals surface area contributed by atoms with Crippen molar-refractivity contribution in [2.45, 2.75) is 39.1 Å². The number of methoxy groups -OCH3 is 1. The lowest BCUT2D eigenvalue weighted by atomic mass is 9.89. The van der Waals surface area contributed by atoms with Crippen molar-refractivity contribution in [3.63, 3.8) is 0 Å². The average molecular weight is 277 g/mol. The Balaban J connectivity index is 0.000000160. The van der Waals surface area contributed by atoms with Crippen LogP contribution in [0.4, 0.5) is 0 Å². The van der Waals surface area contributed by atoms with Crippen molar-refractivity contribution in [2.24, 2.45) is 5.92 Å². The summed E-state index contributed by atoms with van der Waals surface area (Å²) in [6, 6.07) is 3.61. The van der Waals surface area contributed by atoms with E-state index in [0.29, 0.717) is 12.0 Å². The summed E-state index contributed by atoms with van der Waals surface area (Å²) < 4.78 is 15.9. The maximum absolute atomic E-state index is 5.65. The third-order valence-electron chi connectivity index (χ3n) is 3.52. The van der Waals surface area contributed by atoms with Gasteiger partial charge in [0.1, 0.15) is 5.75 Å². The molecule has 1 aromatic heterocycles. The smallest absolute Gasteiger partial charge is 0.156 e. The van der Waals surface area contributed by atoms with Crippen LogP contribution in [0, 0.1) is 5.92 Å². The van der Waals surface area contributed by atoms with Crippen LogP contribution >= 0.6 is 0 Å². The molecule has 2 heterocycles. The first kappa shape index (κ1) is 15.0. The van der Waals surface area contributed by atoms with Crippen LogP contribution in [0.15, 0.2) is 36.2 Å². The molecule has 0 saturated carbocycles. The summed E-state index contributed by atoms with van der Waals surface area (Å²) in [5.41, 5.74) is 1.35. The van der Waals surface area contributed by atoms with E-state index in [9.17, 15) is 0 Å². The average Bonchev–Trinajstić information content (AvgIpc) is 2.49. The second-order valence-corrected chi connectivity index (χ2v) is 5.19. The lowest BCUT2D eigenvalue weighted by molar-refractivity contribution is -0.180. The van der Waals surface area contributed by atoms with Crippen molar-refractivity contribution in [1.29, 1.82) is 0 Å². The van der Waals surface area contributed by atoms with E-state index < -0.39 is 0 Å². The van der Waals surface area contributed by atoms with E-state index in [1.54, 1.807) is 31.6 Å². The number of aromatic nitrogens is 1. The molecule has 0 unspecified atom stereocenters. The van der Waals surface area contributed by atoms with Gasteiger partial charge in [-0.2, -0.15) is 0 Å². The van der Waals surface area contributed by atoms with Crippen molar-refractivity contribution in [3.8, 4) is 5.75 Å². The van der Waals surface area contributed by atoms with Gasteiger partial charge in [-0.15, -0.1) is 0 Å². The Kier molecular flexibility index (Phi) is 5.56.